The molecule has 2 unspecified atom stereocenters. The number of hydrogen-bond acceptors (Lipinski definition) is 5. The van der Waals surface area contributed by atoms with E-state index in [1.54, 1.807) is 17.0 Å². The standard InChI is InChI=1S/C30H42FN5O4/c1-3-21-9-4-10-22(19-21)27-24(12-5-13-25(27)31)30(39,15-8-17-35-29(38)40-2)23-11-7-18-36(20-23)26(37)14-6-16-34-28(32)33/h4-5,9-10,12-13,19,23,39H,3,6-8,11,14-18,20H2,1-2H3,(H,35,38)(H4,32,33,34). The molecule has 2 atom stereocenters. The summed E-state index contributed by atoms with van der Waals surface area (Å²) in [6.45, 7) is 3.62. The van der Waals surface area contributed by atoms with Crippen LogP contribution >= 0.6 is 0 Å². The van der Waals surface area contributed by atoms with Crippen molar-refractivity contribution in [1.29, 1.82) is 0 Å². The number of ether oxygens (including phenoxy) is 1. The number of aryl methyl sites for hydroxylation is 1. The fraction of sp³-hybridized carbons (Fsp3) is 0.500. The molecule has 0 saturated carbocycles. The number of carbonyl (C=O) groups is 2. The third-order valence-corrected chi connectivity index (χ3v) is 7.59. The second-order valence-electron chi connectivity index (χ2n) is 10.3. The molecule has 0 aromatic heterocycles. The van der Waals surface area contributed by atoms with Crippen molar-refractivity contribution in [2.45, 2.75) is 57.5 Å². The Morgan fingerprint density at radius 3 is 2.73 bits per heavy atom. The summed E-state index contributed by atoms with van der Waals surface area (Å²) in [6.07, 6.45) is 3.12. The Labute approximate surface area is 235 Å². The Bertz CT molecular complexity index is 1190. The summed E-state index contributed by atoms with van der Waals surface area (Å²) in [5.74, 6) is -0.788. The van der Waals surface area contributed by atoms with Crippen molar-refractivity contribution in [2.75, 3.05) is 33.3 Å². The molecule has 0 radical (unpaired) electrons. The number of amides is 2. The minimum absolute atomic E-state index is 0.00684. The molecule has 1 saturated heterocycles. The summed E-state index contributed by atoms with van der Waals surface area (Å²) in [5, 5.41) is 15.2. The number of guanidine groups is 1. The zero-order valence-corrected chi connectivity index (χ0v) is 23.5. The van der Waals surface area contributed by atoms with Crippen molar-refractivity contribution >= 4 is 18.0 Å². The Hall–Kier alpha value is -3.66. The first-order chi connectivity index (χ1) is 19.2. The molecular weight excluding hydrogens is 513 g/mol. The Morgan fingerprint density at radius 2 is 2.00 bits per heavy atom. The van der Waals surface area contributed by atoms with Crippen molar-refractivity contribution in [3.63, 3.8) is 0 Å². The molecule has 10 heteroatoms. The maximum Gasteiger partial charge on any atom is 0.406 e. The number of benzene rings is 2. The fourth-order valence-corrected chi connectivity index (χ4v) is 5.49. The van der Waals surface area contributed by atoms with Gasteiger partial charge < -0.3 is 31.5 Å². The van der Waals surface area contributed by atoms with Crippen molar-refractivity contribution in [3.05, 3.63) is 59.4 Å². The third kappa shape index (κ3) is 7.94. The highest BCUT2D eigenvalue weighted by molar-refractivity contribution is 5.77. The topological polar surface area (TPSA) is 143 Å². The van der Waals surface area contributed by atoms with Crippen LogP contribution in [0.2, 0.25) is 0 Å². The number of likely N-dealkylation sites (tertiary alicyclic amines) is 1. The minimum Gasteiger partial charge on any atom is -0.453 e. The van der Waals surface area contributed by atoms with E-state index >= 15 is 4.39 Å². The zero-order valence-electron chi connectivity index (χ0n) is 23.5. The summed E-state index contributed by atoms with van der Waals surface area (Å²) in [4.78, 5) is 30.4. The molecule has 2 amide bonds. The predicted molar refractivity (Wildman–Crippen MR) is 154 cm³/mol. The molecular formula is C30H42FN5O4. The fourth-order valence-electron chi connectivity index (χ4n) is 5.49. The lowest BCUT2D eigenvalue weighted by molar-refractivity contribution is -0.136. The third-order valence-electron chi connectivity index (χ3n) is 7.59. The zero-order chi connectivity index (χ0) is 29.1. The molecule has 6 N–H and O–H groups in total. The van der Waals surface area contributed by atoms with Gasteiger partial charge in [0.2, 0.25) is 5.91 Å². The van der Waals surface area contributed by atoms with Gasteiger partial charge in [-0.3, -0.25) is 9.79 Å². The summed E-state index contributed by atoms with van der Waals surface area (Å²) in [6, 6.07) is 12.5. The number of halogens is 1. The van der Waals surface area contributed by atoms with Crippen LogP contribution < -0.4 is 16.8 Å². The first-order valence-corrected chi connectivity index (χ1v) is 13.9. The Morgan fingerprint density at radius 1 is 1.23 bits per heavy atom. The lowest BCUT2D eigenvalue weighted by Gasteiger charge is -2.43. The summed E-state index contributed by atoms with van der Waals surface area (Å²) >= 11 is 0. The Balaban J connectivity index is 1.94. The maximum atomic E-state index is 15.6. The van der Waals surface area contributed by atoms with Gasteiger partial charge in [-0.2, -0.15) is 0 Å². The highest BCUT2D eigenvalue weighted by atomic mass is 19.1. The number of aliphatic hydroxyl groups is 1. The van der Waals surface area contributed by atoms with E-state index < -0.39 is 17.5 Å². The largest absolute Gasteiger partial charge is 0.453 e. The van der Waals surface area contributed by atoms with Gasteiger partial charge in [0.1, 0.15) is 5.82 Å². The van der Waals surface area contributed by atoms with Crippen molar-refractivity contribution in [1.82, 2.24) is 10.2 Å². The van der Waals surface area contributed by atoms with E-state index in [9.17, 15) is 14.7 Å². The smallest absolute Gasteiger partial charge is 0.406 e. The van der Waals surface area contributed by atoms with E-state index in [1.165, 1.54) is 13.2 Å². The lowest BCUT2D eigenvalue weighted by Crippen LogP contribution is -2.48. The number of piperidine rings is 1. The minimum atomic E-state index is -1.45. The van der Waals surface area contributed by atoms with Gasteiger partial charge in [0.05, 0.1) is 12.7 Å². The van der Waals surface area contributed by atoms with Crippen LogP contribution in [0.3, 0.4) is 0 Å². The van der Waals surface area contributed by atoms with Gasteiger partial charge >= 0.3 is 6.09 Å². The molecule has 0 spiro atoms. The van der Waals surface area contributed by atoms with E-state index in [4.69, 9.17) is 11.5 Å². The van der Waals surface area contributed by atoms with Gasteiger partial charge in [-0.15, -0.1) is 0 Å². The molecule has 218 valence electrons. The summed E-state index contributed by atoms with van der Waals surface area (Å²) in [5.41, 5.74) is 11.9. The molecule has 40 heavy (non-hydrogen) atoms. The van der Waals surface area contributed by atoms with Crippen LogP contribution in [0, 0.1) is 11.7 Å². The number of carbonyl (C=O) groups excluding carboxylic acids is 2. The average Bonchev–Trinajstić information content (AvgIpc) is 2.97. The van der Waals surface area contributed by atoms with Crippen LogP contribution in [0.5, 0.6) is 0 Å². The molecule has 1 aliphatic heterocycles. The number of nitrogens with one attached hydrogen (secondary N) is 1. The second kappa shape index (κ2) is 14.6. The van der Waals surface area contributed by atoms with E-state index in [1.807, 2.05) is 31.2 Å². The van der Waals surface area contributed by atoms with E-state index in [2.05, 4.69) is 15.0 Å². The maximum absolute atomic E-state index is 15.6. The first-order valence-electron chi connectivity index (χ1n) is 13.9. The SMILES string of the molecule is CCc1cccc(-c2c(F)cccc2C(O)(CCCNC(=O)OC)C2CCCN(C(=O)CCCN=C(N)N)C2)c1. The molecule has 1 fully saturated rings. The predicted octanol–water partition coefficient (Wildman–Crippen LogP) is 3.67. The van der Waals surface area contributed by atoms with Gasteiger partial charge in [-0.1, -0.05) is 43.3 Å². The van der Waals surface area contributed by atoms with Crippen LogP contribution in [0.15, 0.2) is 47.5 Å². The normalized spacial score (nSPS) is 16.6. The summed E-state index contributed by atoms with van der Waals surface area (Å²) in [7, 11) is 1.29. The van der Waals surface area contributed by atoms with Gasteiger partial charge in [-0.25, -0.2) is 9.18 Å². The molecule has 3 rings (SSSR count). The van der Waals surface area contributed by atoms with E-state index in [-0.39, 0.29) is 30.8 Å². The molecule has 0 aliphatic carbocycles. The first kappa shape index (κ1) is 30.9. The number of rotatable bonds is 12. The van der Waals surface area contributed by atoms with Crippen LogP contribution in [0.4, 0.5) is 9.18 Å². The highest BCUT2D eigenvalue weighted by Crippen LogP contribution is 2.44. The highest BCUT2D eigenvalue weighted by Gasteiger charge is 2.43. The molecule has 2 aromatic rings. The van der Waals surface area contributed by atoms with E-state index in [0.717, 1.165) is 12.0 Å². The second-order valence-corrected chi connectivity index (χ2v) is 10.3. The van der Waals surface area contributed by atoms with Gasteiger partial charge in [0.15, 0.2) is 5.96 Å². The number of aliphatic imine (C=N–C) groups is 1. The number of hydrogen-bond donors (Lipinski definition) is 4. The van der Waals surface area contributed by atoms with Crippen molar-refractivity contribution < 1.29 is 23.8 Å². The van der Waals surface area contributed by atoms with Crippen LogP contribution in [-0.2, 0) is 21.6 Å². The van der Waals surface area contributed by atoms with Gasteiger partial charge in [0, 0.05) is 44.1 Å². The Kier molecular flexibility index (Phi) is 11.3. The number of methoxy groups -OCH3 is 1. The van der Waals surface area contributed by atoms with Gasteiger partial charge in [-0.05, 0) is 61.3 Å². The average molecular weight is 556 g/mol. The van der Waals surface area contributed by atoms with Crippen molar-refractivity contribution in [3.8, 4) is 11.1 Å². The van der Waals surface area contributed by atoms with Crippen LogP contribution in [-0.4, -0.2) is 61.3 Å². The number of alkyl carbamates (subject to hydrolysis) is 1. The lowest BCUT2D eigenvalue weighted by atomic mass is 9.72. The molecule has 9 nitrogen and oxygen atoms in total. The van der Waals surface area contributed by atoms with Gasteiger partial charge in [0.25, 0.3) is 0 Å². The molecule has 0 bridgehead atoms. The van der Waals surface area contributed by atoms with Crippen molar-refractivity contribution in [2.24, 2.45) is 22.4 Å². The molecule has 2 aromatic carbocycles. The molecule has 1 heterocycles. The molecule has 1 aliphatic rings. The summed E-state index contributed by atoms with van der Waals surface area (Å²) < 4.78 is 20.2. The quantitative estimate of drug-likeness (QED) is 0.179. The van der Waals surface area contributed by atoms with Crippen LogP contribution in [0.25, 0.3) is 11.1 Å². The number of nitrogens with two attached hydrogens (primary N) is 2. The van der Waals surface area contributed by atoms with E-state index in [0.29, 0.717) is 68.4 Å². The number of nitrogens with zero attached hydrogens (tertiary/aromatic N) is 2. The monoisotopic (exact) mass is 555 g/mol. The van der Waals surface area contributed by atoms with Crippen LogP contribution in [0.1, 0.15) is 56.6 Å².